The van der Waals surface area contributed by atoms with Crippen LogP contribution in [0.3, 0.4) is 0 Å². The number of hydrogen-bond acceptors (Lipinski definition) is 5. The Morgan fingerprint density at radius 2 is 2.21 bits per heavy atom. The number of nitrogens with zero attached hydrogens (tertiary/aromatic N) is 2. The summed E-state index contributed by atoms with van der Waals surface area (Å²) in [6.45, 7) is 0. The molecule has 74 valence electrons. The van der Waals surface area contributed by atoms with Gasteiger partial charge in [-0.25, -0.2) is 18.4 Å². The van der Waals surface area contributed by atoms with Gasteiger partial charge in [0.2, 0.25) is 0 Å². The number of carbonyl (C=O) groups excluding carboxylic acids is 1. The molecule has 0 radical (unpaired) electrons. The second-order valence-corrected chi connectivity index (χ2v) is 5.34. The van der Waals surface area contributed by atoms with Gasteiger partial charge in [-0.15, -0.1) is 0 Å². The van der Waals surface area contributed by atoms with Crippen LogP contribution in [0, 0.1) is 0 Å². The lowest BCUT2D eigenvalue weighted by Gasteiger charge is -2.14. The van der Waals surface area contributed by atoms with Crippen molar-refractivity contribution in [1.82, 2.24) is 9.97 Å². The first-order valence-corrected chi connectivity index (χ1v) is 5.93. The number of fused-ring (bicyclic) bond motifs is 1. The summed E-state index contributed by atoms with van der Waals surface area (Å²) in [7, 11) is -3.03. The summed E-state index contributed by atoms with van der Waals surface area (Å²) in [6, 6.07) is 0. The zero-order chi connectivity index (χ0) is 10.2. The lowest BCUT2D eigenvalue weighted by Crippen LogP contribution is -2.21. The van der Waals surface area contributed by atoms with E-state index in [2.05, 4.69) is 9.97 Å². The molecule has 1 aliphatic heterocycles. The zero-order valence-corrected chi connectivity index (χ0v) is 8.12. The average molecular weight is 212 g/mol. The standard InChI is InChI=1S/C8H8N2O3S/c11-4-8-9-3-6-1-2-14(12,13)5-7(6)10-8/h3-4H,1-2,5H2. The molecule has 0 saturated heterocycles. The van der Waals surface area contributed by atoms with E-state index in [4.69, 9.17) is 0 Å². The number of hydrogen-bond donors (Lipinski definition) is 0. The summed E-state index contributed by atoms with van der Waals surface area (Å²) in [5, 5.41) is 0. The Balaban J connectivity index is 2.49. The van der Waals surface area contributed by atoms with Crippen molar-refractivity contribution in [2.45, 2.75) is 12.2 Å². The summed E-state index contributed by atoms with van der Waals surface area (Å²) >= 11 is 0. The summed E-state index contributed by atoms with van der Waals surface area (Å²) < 4.78 is 22.5. The van der Waals surface area contributed by atoms with E-state index in [1.165, 1.54) is 6.20 Å². The molecular formula is C8H8N2O3S. The van der Waals surface area contributed by atoms with Crippen molar-refractivity contribution in [3.8, 4) is 0 Å². The van der Waals surface area contributed by atoms with Gasteiger partial charge in [-0.3, -0.25) is 4.79 Å². The first-order valence-electron chi connectivity index (χ1n) is 4.11. The summed E-state index contributed by atoms with van der Waals surface area (Å²) in [5.74, 6) is 0.107. The van der Waals surface area contributed by atoms with Crippen molar-refractivity contribution in [3.63, 3.8) is 0 Å². The summed E-state index contributed by atoms with van der Waals surface area (Å²) in [4.78, 5) is 18.0. The highest BCUT2D eigenvalue weighted by Gasteiger charge is 2.22. The first kappa shape index (κ1) is 9.26. The van der Waals surface area contributed by atoms with Crippen LogP contribution < -0.4 is 0 Å². The number of sulfone groups is 1. The van der Waals surface area contributed by atoms with Crippen LogP contribution in [-0.4, -0.2) is 30.4 Å². The number of carbonyl (C=O) groups is 1. The first-order chi connectivity index (χ1) is 6.61. The maximum Gasteiger partial charge on any atom is 0.192 e. The van der Waals surface area contributed by atoms with Gasteiger partial charge in [-0.1, -0.05) is 0 Å². The number of aldehydes is 1. The highest BCUT2D eigenvalue weighted by molar-refractivity contribution is 7.90. The molecule has 1 aromatic heterocycles. The Morgan fingerprint density at radius 1 is 1.43 bits per heavy atom. The topological polar surface area (TPSA) is 77.0 Å². The van der Waals surface area contributed by atoms with Crippen molar-refractivity contribution < 1.29 is 13.2 Å². The molecule has 6 heteroatoms. The average Bonchev–Trinajstić information content (AvgIpc) is 2.15. The van der Waals surface area contributed by atoms with Crippen molar-refractivity contribution >= 4 is 16.1 Å². The van der Waals surface area contributed by atoms with Crippen LogP contribution in [0.1, 0.15) is 21.9 Å². The predicted octanol–water partition coefficient (Wildman–Crippen LogP) is -0.240. The highest BCUT2D eigenvalue weighted by atomic mass is 32.2. The Bertz CT molecular complexity index is 481. The van der Waals surface area contributed by atoms with Gasteiger partial charge in [0.05, 0.1) is 17.2 Å². The quantitative estimate of drug-likeness (QED) is 0.600. The largest absolute Gasteiger partial charge is 0.294 e. The second kappa shape index (κ2) is 3.13. The molecule has 14 heavy (non-hydrogen) atoms. The number of rotatable bonds is 1. The normalized spacial score (nSPS) is 18.6. The van der Waals surface area contributed by atoms with E-state index in [1.807, 2.05) is 0 Å². The van der Waals surface area contributed by atoms with Crippen molar-refractivity contribution in [3.05, 3.63) is 23.3 Å². The molecule has 0 atom stereocenters. The highest BCUT2D eigenvalue weighted by Crippen LogP contribution is 2.17. The Kier molecular flexibility index (Phi) is 2.07. The van der Waals surface area contributed by atoms with E-state index >= 15 is 0 Å². The predicted molar refractivity (Wildman–Crippen MR) is 48.6 cm³/mol. The van der Waals surface area contributed by atoms with E-state index in [-0.39, 0.29) is 17.3 Å². The van der Waals surface area contributed by atoms with Crippen LogP contribution in [0.5, 0.6) is 0 Å². The monoisotopic (exact) mass is 212 g/mol. The molecule has 0 aromatic carbocycles. The van der Waals surface area contributed by atoms with E-state index in [0.29, 0.717) is 18.4 Å². The van der Waals surface area contributed by atoms with Crippen LogP contribution in [0.2, 0.25) is 0 Å². The van der Waals surface area contributed by atoms with Gasteiger partial charge >= 0.3 is 0 Å². The molecule has 2 rings (SSSR count). The van der Waals surface area contributed by atoms with Crippen LogP contribution in [-0.2, 0) is 22.0 Å². The lowest BCUT2D eigenvalue weighted by atomic mass is 10.2. The third-order valence-electron chi connectivity index (χ3n) is 2.12. The maximum atomic E-state index is 11.3. The molecule has 0 saturated carbocycles. The molecule has 2 heterocycles. The molecule has 5 nitrogen and oxygen atoms in total. The number of aromatic nitrogens is 2. The van der Waals surface area contributed by atoms with Gasteiger partial charge in [0.25, 0.3) is 0 Å². The van der Waals surface area contributed by atoms with Crippen LogP contribution in [0.25, 0.3) is 0 Å². The SMILES string of the molecule is O=Cc1ncc2c(n1)CS(=O)(=O)CC2. The minimum Gasteiger partial charge on any atom is -0.294 e. The molecular weight excluding hydrogens is 204 g/mol. The van der Waals surface area contributed by atoms with E-state index < -0.39 is 9.84 Å². The minimum atomic E-state index is -3.03. The van der Waals surface area contributed by atoms with E-state index in [9.17, 15) is 13.2 Å². The third kappa shape index (κ3) is 1.65. The minimum absolute atomic E-state index is 0.0425. The smallest absolute Gasteiger partial charge is 0.192 e. The molecule has 0 N–H and O–H groups in total. The zero-order valence-electron chi connectivity index (χ0n) is 7.30. The number of aryl methyl sites for hydroxylation is 1. The fourth-order valence-electron chi connectivity index (χ4n) is 1.39. The maximum absolute atomic E-state index is 11.3. The van der Waals surface area contributed by atoms with E-state index in [0.717, 1.165) is 5.56 Å². The molecule has 0 unspecified atom stereocenters. The third-order valence-corrected chi connectivity index (χ3v) is 3.66. The van der Waals surface area contributed by atoms with Crippen molar-refractivity contribution in [1.29, 1.82) is 0 Å². The Hall–Kier alpha value is -1.30. The van der Waals surface area contributed by atoms with Crippen LogP contribution in [0.15, 0.2) is 6.20 Å². The van der Waals surface area contributed by atoms with Gasteiger partial charge in [-0.2, -0.15) is 0 Å². The fraction of sp³-hybridized carbons (Fsp3) is 0.375. The summed E-state index contributed by atoms with van der Waals surface area (Å²) in [6.07, 6.45) is 2.49. The van der Waals surface area contributed by atoms with Crippen LogP contribution in [0.4, 0.5) is 0 Å². The van der Waals surface area contributed by atoms with E-state index in [1.54, 1.807) is 0 Å². The lowest BCUT2D eigenvalue weighted by molar-refractivity contribution is 0.111. The molecule has 0 fully saturated rings. The Morgan fingerprint density at radius 3 is 2.93 bits per heavy atom. The van der Waals surface area contributed by atoms with Gasteiger partial charge in [-0.05, 0) is 12.0 Å². The molecule has 0 bridgehead atoms. The fourth-order valence-corrected chi connectivity index (χ4v) is 2.74. The summed E-state index contributed by atoms with van der Waals surface area (Å²) in [5.41, 5.74) is 1.29. The molecule has 1 aromatic rings. The molecule has 0 spiro atoms. The van der Waals surface area contributed by atoms with Gasteiger partial charge in [0.1, 0.15) is 0 Å². The van der Waals surface area contributed by atoms with Crippen molar-refractivity contribution in [2.24, 2.45) is 0 Å². The molecule has 0 amide bonds. The van der Waals surface area contributed by atoms with Gasteiger partial charge in [0.15, 0.2) is 21.9 Å². The van der Waals surface area contributed by atoms with Gasteiger partial charge < -0.3 is 0 Å². The van der Waals surface area contributed by atoms with Crippen LogP contribution >= 0.6 is 0 Å². The molecule has 1 aliphatic rings. The second-order valence-electron chi connectivity index (χ2n) is 3.16. The molecule has 0 aliphatic carbocycles. The Labute approximate surface area is 81.1 Å². The van der Waals surface area contributed by atoms with Crippen molar-refractivity contribution in [2.75, 3.05) is 5.75 Å². The van der Waals surface area contributed by atoms with Gasteiger partial charge in [0, 0.05) is 6.20 Å².